The van der Waals surface area contributed by atoms with Gasteiger partial charge in [-0.25, -0.2) is 0 Å². The largest absolute Gasteiger partial charge is 0.466 e. The van der Waals surface area contributed by atoms with Gasteiger partial charge in [0.2, 0.25) is 0 Å². The second kappa shape index (κ2) is 3.91. The van der Waals surface area contributed by atoms with E-state index in [4.69, 9.17) is 4.42 Å². The molecule has 1 aromatic heterocycles. The Morgan fingerprint density at radius 1 is 1.13 bits per heavy atom. The van der Waals surface area contributed by atoms with E-state index in [9.17, 15) is 5.11 Å². The Hall–Kier alpha value is -1.54. The highest BCUT2D eigenvalue weighted by atomic mass is 16.4. The second-order valence-electron chi connectivity index (χ2n) is 3.84. The van der Waals surface area contributed by atoms with Gasteiger partial charge in [0.1, 0.15) is 11.9 Å². The van der Waals surface area contributed by atoms with Gasteiger partial charge in [-0.05, 0) is 31.5 Å². The SMILES string of the molecule is Cc1cc(C)cc([C@H](O)c2ccco2)c1. The van der Waals surface area contributed by atoms with Crippen LogP contribution in [0.4, 0.5) is 0 Å². The Morgan fingerprint density at radius 3 is 2.33 bits per heavy atom. The van der Waals surface area contributed by atoms with Gasteiger partial charge in [0.15, 0.2) is 0 Å². The molecule has 2 nitrogen and oxygen atoms in total. The minimum absolute atomic E-state index is 0.583. The van der Waals surface area contributed by atoms with Crippen molar-refractivity contribution in [3.05, 3.63) is 59.0 Å². The van der Waals surface area contributed by atoms with E-state index in [0.29, 0.717) is 5.76 Å². The quantitative estimate of drug-likeness (QED) is 0.812. The van der Waals surface area contributed by atoms with Gasteiger partial charge in [-0.1, -0.05) is 29.3 Å². The monoisotopic (exact) mass is 202 g/mol. The molecule has 2 aromatic rings. The summed E-state index contributed by atoms with van der Waals surface area (Å²) in [5.74, 6) is 0.583. The summed E-state index contributed by atoms with van der Waals surface area (Å²) in [6, 6.07) is 9.59. The fourth-order valence-electron chi connectivity index (χ4n) is 1.78. The lowest BCUT2D eigenvalue weighted by molar-refractivity contribution is 0.189. The van der Waals surface area contributed by atoms with Crippen LogP contribution in [0.1, 0.15) is 28.6 Å². The van der Waals surface area contributed by atoms with E-state index in [2.05, 4.69) is 6.07 Å². The van der Waals surface area contributed by atoms with Crippen LogP contribution in [0, 0.1) is 13.8 Å². The Bertz CT molecular complexity index is 423. The summed E-state index contributed by atoms with van der Waals surface area (Å²) in [7, 11) is 0. The first-order chi connectivity index (χ1) is 7.16. The Labute approximate surface area is 89.2 Å². The molecule has 0 aliphatic heterocycles. The molecule has 0 saturated carbocycles. The van der Waals surface area contributed by atoms with E-state index >= 15 is 0 Å². The molecule has 0 aliphatic carbocycles. The van der Waals surface area contributed by atoms with E-state index in [1.54, 1.807) is 18.4 Å². The third-order valence-electron chi connectivity index (χ3n) is 2.37. The zero-order valence-electron chi connectivity index (χ0n) is 8.90. The van der Waals surface area contributed by atoms with Crippen LogP contribution in [0.2, 0.25) is 0 Å². The van der Waals surface area contributed by atoms with Crippen LogP contribution in [-0.2, 0) is 0 Å². The van der Waals surface area contributed by atoms with E-state index in [1.165, 1.54) is 0 Å². The smallest absolute Gasteiger partial charge is 0.137 e. The van der Waals surface area contributed by atoms with Crippen molar-refractivity contribution in [2.75, 3.05) is 0 Å². The van der Waals surface area contributed by atoms with Crippen LogP contribution in [-0.4, -0.2) is 5.11 Å². The highest BCUT2D eigenvalue weighted by Gasteiger charge is 2.13. The van der Waals surface area contributed by atoms with Crippen molar-refractivity contribution in [1.82, 2.24) is 0 Å². The molecule has 2 heteroatoms. The molecule has 0 amide bonds. The molecule has 0 saturated heterocycles. The lowest BCUT2D eigenvalue weighted by Gasteiger charge is -2.10. The molecule has 0 fully saturated rings. The van der Waals surface area contributed by atoms with Crippen LogP contribution in [0.25, 0.3) is 0 Å². The summed E-state index contributed by atoms with van der Waals surface area (Å²) >= 11 is 0. The van der Waals surface area contributed by atoms with Gasteiger partial charge in [0.25, 0.3) is 0 Å². The summed E-state index contributed by atoms with van der Waals surface area (Å²) in [5.41, 5.74) is 3.17. The number of aliphatic hydroxyl groups excluding tert-OH is 1. The molecular formula is C13H14O2. The predicted octanol–water partition coefficient (Wildman–Crippen LogP) is 2.98. The molecule has 1 atom stereocenters. The molecule has 1 aromatic carbocycles. The predicted molar refractivity (Wildman–Crippen MR) is 58.7 cm³/mol. The maximum atomic E-state index is 10.0. The van der Waals surface area contributed by atoms with Crippen LogP contribution < -0.4 is 0 Å². The summed E-state index contributed by atoms with van der Waals surface area (Å²) in [6.07, 6.45) is 0.903. The molecule has 15 heavy (non-hydrogen) atoms. The molecule has 1 N–H and O–H groups in total. The number of hydrogen-bond acceptors (Lipinski definition) is 2. The number of hydrogen-bond donors (Lipinski definition) is 1. The molecule has 0 aliphatic rings. The third kappa shape index (κ3) is 2.10. The van der Waals surface area contributed by atoms with Crippen molar-refractivity contribution < 1.29 is 9.52 Å². The fraction of sp³-hybridized carbons (Fsp3) is 0.231. The highest BCUT2D eigenvalue weighted by molar-refractivity contribution is 5.32. The zero-order valence-corrected chi connectivity index (χ0v) is 8.90. The average molecular weight is 202 g/mol. The number of furan rings is 1. The number of rotatable bonds is 2. The molecule has 78 valence electrons. The highest BCUT2D eigenvalue weighted by Crippen LogP contribution is 2.23. The molecule has 0 bridgehead atoms. The summed E-state index contributed by atoms with van der Waals surface area (Å²) in [4.78, 5) is 0. The van der Waals surface area contributed by atoms with Crippen molar-refractivity contribution in [3.8, 4) is 0 Å². The summed E-state index contributed by atoms with van der Waals surface area (Å²) < 4.78 is 5.18. The first-order valence-corrected chi connectivity index (χ1v) is 4.96. The van der Waals surface area contributed by atoms with Gasteiger partial charge in [-0.2, -0.15) is 0 Å². The number of aryl methyl sites for hydroxylation is 2. The van der Waals surface area contributed by atoms with Gasteiger partial charge >= 0.3 is 0 Å². The van der Waals surface area contributed by atoms with E-state index in [0.717, 1.165) is 16.7 Å². The van der Waals surface area contributed by atoms with Gasteiger partial charge < -0.3 is 9.52 Å². The van der Waals surface area contributed by atoms with Crippen molar-refractivity contribution in [3.63, 3.8) is 0 Å². The average Bonchev–Trinajstić information content (AvgIpc) is 2.67. The van der Waals surface area contributed by atoms with Crippen molar-refractivity contribution in [2.45, 2.75) is 20.0 Å². The molecule has 0 unspecified atom stereocenters. The van der Waals surface area contributed by atoms with Crippen LogP contribution in [0.3, 0.4) is 0 Å². The summed E-state index contributed by atoms with van der Waals surface area (Å²) in [5, 5.41) is 10.0. The number of aliphatic hydroxyl groups is 1. The standard InChI is InChI=1S/C13H14O2/c1-9-6-10(2)8-11(7-9)13(14)12-4-3-5-15-12/h3-8,13-14H,1-2H3/t13-/m0/s1. The number of benzene rings is 1. The molecule has 0 spiro atoms. The van der Waals surface area contributed by atoms with Gasteiger partial charge in [-0.15, -0.1) is 0 Å². The Balaban J connectivity index is 2.37. The van der Waals surface area contributed by atoms with Crippen LogP contribution in [0.5, 0.6) is 0 Å². The lowest BCUT2D eigenvalue weighted by atomic mass is 10.0. The topological polar surface area (TPSA) is 33.4 Å². The first-order valence-electron chi connectivity index (χ1n) is 4.96. The van der Waals surface area contributed by atoms with Crippen molar-refractivity contribution in [2.24, 2.45) is 0 Å². The molecule has 2 rings (SSSR count). The first kappa shape index (κ1) is 9.99. The molecule has 0 radical (unpaired) electrons. The van der Waals surface area contributed by atoms with E-state index in [-0.39, 0.29) is 0 Å². The van der Waals surface area contributed by atoms with Gasteiger partial charge in [0.05, 0.1) is 6.26 Å². The minimum Gasteiger partial charge on any atom is -0.466 e. The van der Waals surface area contributed by atoms with Crippen molar-refractivity contribution >= 4 is 0 Å². The van der Waals surface area contributed by atoms with E-state index in [1.807, 2.05) is 26.0 Å². The van der Waals surface area contributed by atoms with Gasteiger partial charge in [-0.3, -0.25) is 0 Å². The summed E-state index contributed by atoms with van der Waals surface area (Å²) in [6.45, 7) is 4.04. The molecule has 1 heterocycles. The van der Waals surface area contributed by atoms with Crippen LogP contribution >= 0.6 is 0 Å². The van der Waals surface area contributed by atoms with Gasteiger partial charge in [0, 0.05) is 0 Å². The maximum Gasteiger partial charge on any atom is 0.137 e. The molecular weight excluding hydrogens is 188 g/mol. The minimum atomic E-state index is -0.668. The Morgan fingerprint density at radius 2 is 1.80 bits per heavy atom. The lowest BCUT2D eigenvalue weighted by Crippen LogP contribution is -1.98. The van der Waals surface area contributed by atoms with E-state index < -0.39 is 6.10 Å². The fourth-order valence-corrected chi connectivity index (χ4v) is 1.78. The Kier molecular flexibility index (Phi) is 2.60. The van der Waals surface area contributed by atoms with Crippen LogP contribution in [0.15, 0.2) is 41.0 Å². The normalized spacial score (nSPS) is 12.7. The zero-order chi connectivity index (χ0) is 10.8. The third-order valence-corrected chi connectivity index (χ3v) is 2.37. The second-order valence-corrected chi connectivity index (χ2v) is 3.84. The van der Waals surface area contributed by atoms with Crippen molar-refractivity contribution in [1.29, 1.82) is 0 Å². The maximum absolute atomic E-state index is 10.0.